The van der Waals surface area contributed by atoms with Gasteiger partial charge in [0, 0.05) is 16.1 Å². The second-order valence-corrected chi connectivity index (χ2v) is 5.28. The Hall–Kier alpha value is -2.59. The summed E-state index contributed by atoms with van der Waals surface area (Å²) in [6.45, 7) is 2.13. The van der Waals surface area contributed by atoms with Crippen LogP contribution in [-0.4, -0.2) is 17.6 Å². The van der Waals surface area contributed by atoms with Crippen molar-refractivity contribution in [1.29, 1.82) is 0 Å². The fourth-order valence-electron chi connectivity index (χ4n) is 2.12. The molecule has 0 aliphatic heterocycles. The summed E-state index contributed by atoms with van der Waals surface area (Å²) in [6.07, 6.45) is 1.59. The van der Waals surface area contributed by atoms with Crippen LogP contribution in [-0.2, 0) is 4.74 Å². The molecule has 23 heavy (non-hydrogen) atoms. The fraction of sp³-hybridized carbons (Fsp3) is 0.111. The first-order chi connectivity index (χ1) is 11.2. The second-order valence-electron chi connectivity index (χ2n) is 4.84. The van der Waals surface area contributed by atoms with Gasteiger partial charge in [-0.25, -0.2) is 9.78 Å². The molecule has 0 aliphatic rings. The number of hydrogen-bond donors (Lipinski definition) is 0. The van der Waals surface area contributed by atoms with Crippen LogP contribution in [0.15, 0.2) is 59.2 Å². The number of oxazole rings is 1. The van der Waals surface area contributed by atoms with Crippen molar-refractivity contribution in [3.05, 3.63) is 65.4 Å². The third-order valence-corrected chi connectivity index (χ3v) is 3.54. The summed E-state index contributed by atoms with van der Waals surface area (Å²) < 4.78 is 10.5. The second kappa shape index (κ2) is 6.67. The lowest BCUT2D eigenvalue weighted by Gasteiger charge is -2.02. The number of esters is 1. The van der Waals surface area contributed by atoms with Crippen molar-refractivity contribution in [2.24, 2.45) is 0 Å². The first-order valence-corrected chi connectivity index (χ1v) is 7.54. The van der Waals surface area contributed by atoms with Crippen molar-refractivity contribution in [2.75, 3.05) is 6.61 Å². The van der Waals surface area contributed by atoms with Gasteiger partial charge in [0.1, 0.15) is 12.0 Å². The van der Waals surface area contributed by atoms with E-state index >= 15 is 0 Å². The number of aromatic nitrogens is 1. The van der Waals surface area contributed by atoms with Crippen molar-refractivity contribution < 1.29 is 13.9 Å². The van der Waals surface area contributed by atoms with Gasteiger partial charge < -0.3 is 9.15 Å². The minimum absolute atomic E-state index is 0.332. The van der Waals surface area contributed by atoms with Crippen molar-refractivity contribution in [1.82, 2.24) is 4.98 Å². The maximum Gasteiger partial charge on any atom is 0.338 e. The molecule has 3 rings (SSSR count). The van der Waals surface area contributed by atoms with E-state index in [9.17, 15) is 4.79 Å². The van der Waals surface area contributed by atoms with E-state index in [1.54, 1.807) is 37.5 Å². The zero-order valence-corrected chi connectivity index (χ0v) is 13.2. The Kier molecular flexibility index (Phi) is 4.44. The van der Waals surface area contributed by atoms with Crippen LogP contribution in [0.2, 0.25) is 5.02 Å². The normalized spacial score (nSPS) is 10.5. The summed E-state index contributed by atoms with van der Waals surface area (Å²) in [5.41, 5.74) is 2.92. The highest BCUT2D eigenvalue weighted by atomic mass is 35.5. The third kappa shape index (κ3) is 3.43. The number of ether oxygens (including phenoxy) is 1. The first-order valence-electron chi connectivity index (χ1n) is 7.16. The molecule has 0 atom stereocenters. The summed E-state index contributed by atoms with van der Waals surface area (Å²) in [4.78, 5) is 16.1. The van der Waals surface area contributed by atoms with E-state index in [0.29, 0.717) is 28.8 Å². The average Bonchev–Trinajstić information content (AvgIpc) is 3.06. The van der Waals surface area contributed by atoms with Crippen molar-refractivity contribution in [3.8, 4) is 22.7 Å². The highest BCUT2D eigenvalue weighted by Gasteiger charge is 2.10. The molecule has 0 saturated carbocycles. The van der Waals surface area contributed by atoms with E-state index in [-0.39, 0.29) is 5.97 Å². The number of nitrogens with zero attached hydrogens (tertiary/aromatic N) is 1. The largest absolute Gasteiger partial charge is 0.462 e. The fourth-order valence-corrected chi connectivity index (χ4v) is 2.25. The van der Waals surface area contributed by atoms with Gasteiger partial charge in [0.25, 0.3) is 0 Å². The molecular weight excluding hydrogens is 314 g/mol. The summed E-state index contributed by atoms with van der Waals surface area (Å²) in [7, 11) is 0. The molecule has 1 heterocycles. The maximum absolute atomic E-state index is 11.6. The molecule has 1 aromatic heterocycles. The molecule has 3 aromatic rings. The molecule has 0 bridgehead atoms. The van der Waals surface area contributed by atoms with Gasteiger partial charge >= 0.3 is 5.97 Å². The molecule has 0 amide bonds. The lowest BCUT2D eigenvalue weighted by atomic mass is 10.1. The van der Waals surface area contributed by atoms with E-state index in [2.05, 4.69) is 4.98 Å². The number of halogens is 1. The van der Waals surface area contributed by atoms with Crippen molar-refractivity contribution in [2.45, 2.75) is 6.92 Å². The van der Waals surface area contributed by atoms with Gasteiger partial charge in [0.05, 0.1) is 12.2 Å². The van der Waals surface area contributed by atoms with Gasteiger partial charge in [-0.15, -0.1) is 0 Å². The van der Waals surface area contributed by atoms with Crippen LogP contribution in [0.5, 0.6) is 0 Å². The number of carbonyl (C=O) groups is 1. The lowest BCUT2D eigenvalue weighted by Crippen LogP contribution is -2.03. The zero-order chi connectivity index (χ0) is 16.2. The lowest BCUT2D eigenvalue weighted by molar-refractivity contribution is 0.0526. The molecular formula is C18H14ClNO3. The minimum Gasteiger partial charge on any atom is -0.462 e. The van der Waals surface area contributed by atoms with E-state index in [1.807, 2.05) is 24.3 Å². The zero-order valence-electron chi connectivity index (χ0n) is 12.5. The molecule has 2 aromatic carbocycles. The van der Waals surface area contributed by atoms with E-state index < -0.39 is 0 Å². The van der Waals surface area contributed by atoms with E-state index in [1.165, 1.54) is 0 Å². The smallest absolute Gasteiger partial charge is 0.338 e. The highest BCUT2D eigenvalue weighted by Crippen LogP contribution is 2.25. The molecule has 0 radical (unpaired) electrons. The SMILES string of the molecule is CCOC(=O)c1ccc(-c2coc(-c3ccc(Cl)cc3)n2)cc1. The number of hydrogen-bond acceptors (Lipinski definition) is 4. The Labute approximate surface area is 138 Å². The molecule has 0 aliphatic carbocycles. The Morgan fingerprint density at radius 3 is 2.39 bits per heavy atom. The molecule has 0 spiro atoms. The Morgan fingerprint density at radius 1 is 1.09 bits per heavy atom. The average molecular weight is 328 g/mol. The minimum atomic E-state index is -0.332. The summed E-state index contributed by atoms with van der Waals surface area (Å²) in [5.74, 6) is 0.187. The van der Waals surface area contributed by atoms with E-state index in [0.717, 1.165) is 11.1 Å². The number of rotatable bonds is 4. The van der Waals surface area contributed by atoms with Crippen LogP contribution in [0, 0.1) is 0 Å². The van der Waals surface area contributed by atoms with Gasteiger partial charge in [-0.1, -0.05) is 23.7 Å². The molecule has 0 saturated heterocycles. The Balaban J connectivity index is 1.83. The van der Waals surface area contributed by atoms with Crippen molar-refractivity contribution in [3.63, 3.8) is 0 Å². The predicted octanol–water partition coefficient (Wildman–Crippen LogP) is 4.84. The van der Waals surface area contributed by atoms with Gasteiger partial charge in [-0.05, 0) is 43.3 Å². The quantitative estimate of drug-likeness (QED) is 0.643. The molecule has 0 N–H and O–H groups in total. The van der Waals surface area contributed by atoms with Gasteiger partial charge in [-0.2, -0.15) is 0 Å². The molecule has 5 heteroatoms. The van der Waals surface area contributed by atoms with Gasteiger partial charge in [-0.3, -0.25) is 0 Å². The highest BCUT2D eigenvalue weighted by molar-refractivity contribution is 6.30. The van der Waals surface area contributed by atoms with Crippen LogP contribution in [0.25, 0.3) is 22.7 Å². The van der Waals surface area contributed by atoms with E-state index in [4.69, 9.17) is 20.8 Å². The molecule has 0 unspecified atom stereocenters. The van der Waals surface area contributed by atoms with Crippen LogP contribution in [0.4, 0.5) is 0 Å². The predicted molar refractivity (Wildman–Crippen MR) is 88.3 cm³/mol. The first kappa shape index (κ1) is 15.3. The monoisotopic (exact) mass is 327 g/mol. The van der Waals surface area contributed by atoms with Gasteiger partial charge in [0.2, 0.25) is 5.89 Å². The standard InChI is InChI=1S/C18H14ClNO3/c1-2-22-18(21)14-5-3-12(4-6-14)16-11-23-17(20-16)13-7-9-15(19)10-8-13/h3-11H,2H2,1H3. The molecule has 4 nitrogen and oxygen atoms in total. The molecule has 0 fully saturated rings. The van der Waals surface area contributed by atoms with Crippen LogP contribution < -0.4 is 0 Å². The summed E-state index contributed by atoms with van der Waals surface area (Å²) in [5, 5.41) is 0.662. The Bertz CT molecular complexity index is 807. The maximum atomic E-state index is 11.6. The third-order valence-electron chi connectivity index (χ3n) is 3.29. The van der Waals surface area contributed by atoms with Crippen LogP contribution in [0.1, 0.15) is 17.3 Å². The number of benzene rings is 2. The Morgan fingerprint density at radius 2 is 1.74 bits per heavy atom. The summed E-state index contributed by atoms with van der Waals surface area (Å²) in [6, 6.07) is 14.3. The topological polar surface area (TPSA) is 52.3 Å². The van der Waals surface area contributed by atoms with Gasteiger partial charge in [0.15, 0.2) is 0 Å². The number of carbonyl (C=O) groups excluding carboxylic acids is 1. The van der Waals surface area contributed by atoms with Crippen LogP contribution in [0.3, 0.4) is 0 Å². The van der Waals surface area contributed by atoms with Crippen molar-refractivity contribution >= 4 is 17.6 Å². The summed E-state index contributed by atoms with van der Waals surface area (Å²) >= 11 is 5.87. The molecule has 116 valence electrons. The van der Waals surface area contributed by atoms with Crippen LogP contribution >= 0.6 is 11.6 Å².